The second-order valence-corrected chi connectivity index (χ2v) is 28.0. The molecule has 3 rings (SSSR count). The first kappa shape index (κ1) is 79.5. The standard InChI is InChI=1S/C48H58I9N9O20/c1-63(8-17(73)11-67)40-35(56)27(34(55)39(36(40)57)62-43(81)22(78)16-72)48(86)66(6-4-58-44(82)23-28(49)25(46(84)64(2)9-18(74)12-68)32(53)37(30(23)51)60-41(79)20(76)14-70)7-5-59-45(83)24-29(50)26(47(85)65(3)10-19(75)13-69)33(54)38(31(24)52)61-42(80)21(77)15-71/h17-22,67-78H,4-16H2,1-3H3,(H,58,82)(H,59,83)(H,60,79)(H,61,80)(H,62,81). The lowest BCUT2D eigenvalue weighted by atomic mass is 10.1. The van der Waals surface area contributed by atoms with Crippen molar-refractivity contribution in [2.45, 2.75) is 36.6 Å². The molecule has 6 unspecified atom stereocenters. The maximum Gasteiger partial charge on any atom is 0.256 e. The summed E-state index contributed by atoms with van der Waals surface area (Å²) in [5, 5.41) is 132. The highest BCUT2D eigenvalue weighted by molar-refractivity contribution is 14.1. The third kappa shape index (κ3) is 20.2. The van der Waals surface area contributed by atoms with Gasteiger partial charge in [-0.3, -0.25) is 38.4 Å². The average molecular weight is 2220 g/mol. The van der Waals surface area contributed by atoms with Crippen molar-refractivity contribution in [3.63, 3.8) is 0 Å². The average Bonchev–Trinajstić information content (AvgIpc) is 0.872. The number of halogens is 9. The minimum Gasteiger partial charge on any atom is -0.394 e. The minimum absolute atomic E-state index is 0.0207. The number of aliphatic hydroxyl groups excluding tert-OH is 12. The van der Waals surface area contributed by atoms with Gasteiger partial charge in [-0.05, 0) is 203 Å². The fourth-order valence-electron chi connectivity index (χ4n) is 7.49. The maximum atomic E-state index is 15.4. The predicted octanol–water partition coefficient (Wildman–Crippen LogP) is -1.05. The van der Waals surface area contributed by atoms with Crippen LogP contribution in [0.1, 0.15) is 51.8 Å². The second-order valence-electron chi connectivity index (χ2n) is 18.3. The zero-order valence-corrected chi connectivity index (χ0v) is 64.4. The van der Waals surface area contributed by atoms with Gasteiger partial charge in [-0.15, -0.1) is 0 Å². The van der Waals surface area contributed by atoms with Gasteiger partial charge in [0.1, 0.15) is 0 Å². The van der Waals surface area contributed by atoms with Gasteiger partial charge in [0.25, 0.3) is 47.3 Å². The first-order chi connectivity index (χ1) is 40.2. The Kier molecular flexibility index (Phi) is 34.5. The number of nitrogens with one attached hydrogen (secondary N) is 5. The van der Waals surface area contributed by atoms with Gasteiger partial charge in [0.15, 0.2) is 18.3 Å². The van der Waals surface area contributed by atoms with Crippen LogP contribution in [0.25, 0.3) is 0 Å². The summed E-state index contributed by atoms with van der Waals surface area (Å²) >= 11 is 16.0. The molecule has 0 aliphatic carbocycles. The topological polar surface area (TPSA) is 452 Å². The lowest BCUT2D eigenvalue weighted by Gasteiger charge is -2.30. The van der Waals surface area contributed by atoms with Crippen molar-refractivity contribution in [2.75, 3.05) is 127 Å². The molecule has 6 atom stereocenters. The van der Waals surface area contributed by atoms with Crippen molar-refractivity contribution in [1.82, 2.24) is 25.3 Å². The Labute approximate surface area is 613 Å². The molecule has 38 heteroatoms. The lowest BCUT2D eigenvalue weighted by molar-refractivity contribution is -0.126. The molecule has 0 radical (unpaired) electrons. The minimum atomic E-state index is -1.93. The summed E-state index contributed by atoms with van der Waals surface area (Å²) in [6.07, 6.45) is -9.80. The summed E-state index contributed by atoms with van der Waals surface area (Å²) in [5.41, 5.74) is -0.783. The van der Waals surface area contributed by atoms with Crippen molar-refractivity contribution >= 4 is 273 Å². The van der Waals surface area contributed by atoms with Gasteiger partial charge < -0.3 is 107 Å². The number of likely N-dealkylation sites (N-methyl/N-ethyl adjacent to an activating group) is 3. The molecule has 3 aromatic rings. The molecule has 8 amide bonds. The highest BCUT2D eigenvalue weighted by Gasteiger charge is 2.36. The van der Waals surface area contributed by atoms with E-state index in [1.165, 1.54) is 30.9 Å². The molecule has 3 aromatic carbocycles. The van der Waals surface area contributed by atoms with Crippen molar-refractivity contribution in [3.05, 3.63) is 59.9 Å². The summed E-state index contributed by atoms with van der Waals surface area (Å²) in [7, 11) is 4.16. The molecule has 0 saturated heterocycles. The van der Waals surface area contributed by atoms with Crippen LogP contribution in [0.4, 0.5) is 22.7 Å². The highest BCUT2D eigenvalue weighted by atomic mass is 127. The molecule has 0 saturated carbocycles. The van der Waals surface area contributed by atoms with E-state index in [4.69, 9.17) is 0 Å². The quantitative estimate of drug-likeness (QED) is 0.0354. The van der Waals surface area contributed by atoms with E-state index in [0.717, 1.165) is 9.80 Å². The number of nitrogens with zero attached hydrogens (tertiary/aromatic N) is 4. The van der Waals surface area contributed by atoms with E-state index in [0.29, 0.717) is 3.57 Å². The van der Waals surface area contributed by atoms with Gasteiger partial charge in [0.2, 0.25) is 0 Å². The first-order valence-electron chi connectivity index (χ1n) is 24.6. The molecule has 29 nitrogen and oxygen atoms in total. The smallest absolute Gasteiger partial charge is 0.256 e. The van der Waals surface area contributed by atoms with E-state index in [-0.39, 0.29) is 98.8 Å². The van der Waals surface area contributed by atoms with E-state index < -0.39 is 150 Å². The summed E-state index contributed by atoms with van der Waals surface area (Å²) in [6, 6.07) is 0. The number of benzene rings is 3. The van der Waals surface area contributed by atoms with Crippen LogP contribution in [-0.4, -0.2) is 266 Å². The molecule has 0 aromatic heterocycles. The van der Waals surface area contributed by atoms with Gasteiger partial charge in [-0.1, -0.05) is 0 Å². The van der Waals surface area contributed by atoms with Crippen molar-refractivity contribution in [2.24, 2.45) is 0 Å². The van der Waals surface area contributed by atoms with Gasteiger partial charge in [0.05, 0.1) is 134 Å². The number of hydrogen-bond donors (Lipinski definition) is 17. The summed E-state index contributed by atoms with van der Waals surface area (Å²) in [6.45, 7) is -7.57. The largest absolute Gasteiger partial charge is 0.394 e. The third-order valence-electron chi connectivity index (χ3n) is 12.0. The Bertz CT molecular complexity index is 2910. The number of carbonyl (C=O) groups is 8. The molecule has 0 bridgehead atoms. The molecule has 0 aliphatic heterocycles. The van der Waals surface area contributed by atoms with E-state index in [1.807, 2.05) is 45.2 Å². The fraction of sp³-hybridized carbons (Fsp3) is 0.458. The maximum absolute atomic E-state index is 15.4. The molecule has 0 heterocycles. The molecule has 0 aliphatic rings. The zero-order valence-electron chi connectivity index (χ0n) is 45.0. The van der Waals surface area contributed by atoms with Gasteiger partial charge >= 0.3 is 0 Å². The Morgan fingerprint density at radius 1 is 0.384 bits per heavy atom. The van der Waals surface area contributed by atoms with Crippen molar-refractivity contribution in [1.29, 1.82) is 0 Å². The molecule has 0 spiro atoms. The Morgan fingerprint density at radius 2 is 0.674 bits per heavy atom. The number of rotatable bonds is 30. The molecular weight excluding hydrogens is 2160 g/mol. The van der Waals surface area contributed by atoms with Crippen LogP contribution >= 0.6 is 203 Å². The van der Waals surface area contributed by atoms with Crippen LogP contribution in [0.2, 0.25) is 0 Å². The monoisotopic (exact) mass is 2220 g/mol. The number of carbonyl (C=O) groups excluding carboxylic acids is 8. The van der Waals surface area contributed by atoms with Crippen LogP contribution in [0.5, 0.6) is 0 Å². The zero-order chi connectivity index (χ0) is 65.5. The highest BCUT2D eigenvalue weighted by Crippen LogP contribution is 2.42. The normalized spacial score (nSPS) is 13.3. The van der Waals surface area contributed by atoms with E-state index >= 15 is 4.79 Å². The third-order valence-corrected chi connectivity index (χ3v) is 21.6. The number of anilines is 4. The van der Waals surface area contributed by atoms with Gasteiger partial charge in [0, 0.05) is 74.1 Å². The predicted molar refractivity (Wildman–Crippen MR) is 386 cm³/mol. The number of amides is 8. The lowest BCUT2D eigenvalue weighted by Crippen LogP contribution is -2.44. The summed E-state index contributed by atoms with van der Waals surface area (Å²) < 4.78 is 0.964. The van der Waals surface area contributed by atoms with Crippen molar-refractivity contribution < 1.29 is 99.6 Å². The van der Waals surface area contributed by atoms with E-state index in [2.05, 4.69) is 26.6 Å². The van der Waals surface area contributed by atoms with Gasteiger partial charge in [-0.25, -0.2) is 0 Å². The molecule has 17 N–H and O–H groups in total. The number of hydrogen-bond acceptors (Lipinski definition) is 21. The van der Waals surface area contributed by atoms with Crippen LogP contribution in [0, 0.1) is 32.1 Å². The van der Waals surface area contributed by atoms with E-state index in [9.17, 15) is 94.8 Å². The Hall–Kier alpha value is -0.690. The van der Waals surface area contributed by atoms with Crippen LogP contribution < -0.4 is 31.5 Å². The Balaban J connectivity index is 2.34. The Morgan fingerprint density at radius 3 is 0.988 bits per heavy atom. The SMILES string of the molecule is CN(CC(O)CO)C(=O)c1c(I)c(NC(=O)C(O)CO)c(I)c(C(=O)NCCN(CCNC(=O)c2c(I)c(NC(=O)C(O)CO)c(I)c(C(=O)N(C)CC(O)CO)c2I)C(=O)c2c(I)c(NC(=O)C(O)CO)c(I)c(N(C)CC(O)CO)c2I)c1I. The number of aliphatic hydroxyl groups is 12. The molecule has 0 fully saturated rings. The van der Waals surface area contributed by atoms with Gasteiger partial charge in [-0.2, -0.15) is 0 Å². The van der Waals surface area contributed by atoms with Crippen LogP contribution in [0.15, 0.2) is 0 Å². The van der Waals surface area contributed by atoms with Crippen LogP contribution in [-0.2, 0) is 14.4 Å². The first-order valence-corrected chi connectivity index (χ1v) is 34.3. The summed E-state index contributed by atoms with van der Waals surface area (Å²) in [5.74, 6) is -7.36. The van der Waals surface area contributed by atoms with Crippen LogP contribution in [0.3, 0.4) is 0 Å². The second kappa shape index (κ2) is 37.3. The van der Waals surface area contributed by atoms with Crippen molar-refractivity contribution in [3.8, 4) is 0 Å². The molecule has 478 valence electrons. The fourth-order valence-corrected chi connectivity index (χ4v) is 21.0. The summed E-state index contributed by atoms with van der Waals surface area (Å²) in [4.78, 5) is 117. The molecular formula is C48H58I9N9O20. The molecule has 86 heavy (non-hydrogen) atoms. The van der Waals surface area contributed by atoms with E-state index in [1.54, 1.807) is 158 Å².